The van der Waals surface area contributed by atoms with Crippen LogP contribution in [0.25, 0.3) is 0 Å². The molecule has 0 N–H and O–H groups in total. The van der Waals surface area contributed by atoms with Crippen LogP contribution in [0.4, 0.5) is 5.69 Å². The summed E-state index contributed by atoms with van der Waals surface area (Å²) >= 11 is 25.8. The molecule has 132 valence electrons. The lowest BCUT2D eigenvalue weighted by Crippen LogP contribution is -2.27. The van der Waals surface area contributed by atoms with Gasteiger partial charge in [0.05, 0.1) is 5.69 Å². The van der Waals surface area contributed by atoms with E-state index in [1.165, 1.54) is 0 Å². The summed E-state index contributed by atoms with van der Waals surface area (Å²) in [5, 5.41) is 1.48. The van der Waals surface area contributed by atoms with Gasteiger partial charge in [-0.25, -0.2) is 4.99 Å². The molecule has 0 aliphatic carbocycles. The molecule has 0 aromatic heterocycles. The molecule has 0 atom stereocenters. The SMILES string of the molecule is Cc1ccc(N=C(Cl)C(Cl)(c2ccc(Cl)cc2)c2ccc(Cl)cc2)cc1. The van der Waals surface area contributed by atoms with E-state index in [-0.39, 0.29) is 5.17 Å². The number of alkyl halides is 1. The number of halogens is 4. The second kappa shape index (κ2) is 8.02. The zero-order chi connectivity index (χ0) is 18.7. The van der Waals surface area contributed by atoms with Crippen LogP contribution in [-0.2, 0) is 4.87 Å². The van der Waals surface area contributed by atoms with Crippen LogP contribution in [0.5, 0.6) is 0 Å². The van der Waals surface area contributed by atoms with Crippen LogP contribution in [0.15, 0.2) is 77.8 Å². The molecule has 3 rings (SSSR count). The van der Waals surface area contributed by atoms with Gasteiger partial charge in [0, 0.05) is 10.0 Å². The summed E-state index contributed by atoms with van der Waals surface area (Å²) in [6.45, 7) is 2.02. The topological polar surface area (TPSA) is 12.4 Å². The van der Waals surface area contributed by atoms with Crippen molar-refractivity contribution in [1.29, 1.82) is 0 Å². The highest BCUT2D eigenvalue weighted by Crippen LogP contribution is 2.41. The Labute approximate surface area is 173 Å². The maximum atomic E-state index is 7.08. The first-order valence-corrected chi connectivity index (χ1v) is 9.43. The third kappa shape index (κ3) is 4.07. The van der Waals surface area contributed by atoms with Crippen molar-refractivity contribution in [2.24, 2.45) is 4.99 Å². The van der Waals surface area contributed by atoms with Crippen molar-refractivity contribution in [3.63, 3.8) is 0 Å². The fraction of sp³-hybridized carbons (Fsp3) is 0.0952. The Kier molecular flexibility index (Phi) is 5.94. The fourth-order valence-electron chi connectivity index (χ4n) is 2.57. The zero-order valence-corrected chi connectivity index (χ0v) is 16.9. The summed E-state index contributed by atoms with van der Waals surface area (Å²) < 4.78 is 0. The highest BCUT2D eigenvalue weighted by Gasteiger charge is 2.37. The molecular formula is C21H15Cl4N. The Morgan fingerprint density at radius 1 is 0.731 bits per heavy atom. The number of benzene rings is 3. The summed E-state index contributed by atoms with van der Waals surface area (Å²) in [5.74, 6) is 0. The van der Waals surface area contributed by atoms with E-state index in [1.54, 1.807) is 24.3 Å². The minimum Gasteiger partial charge on any atom is -0.239 e. The molecule has 0 unspecified atom stereocenters. The van der Waals surface area contributed by atoms with E-state index in [0.29, 0.717) is 10.0 Å². The van der Waals surface area contributed by atoms with Gasteiger partial charge < -0.3 is 0 Å². The molecule has 0 heterocycles. The molecule has 0 spiro atoms. The van der Waals surface area contributed by atoms with Gasteiger partial charge in [0.1, 0.15) is 10.0 Å². The van der Waals surface area contributed by atoms with Gasteiger partial charge in [0.25, 0.3) is 0 Å². The van der Waals surface area contributed by atoms with E-state index >= 15 is 0 Å². The second-order valence-electron chi connectivity index (χ2n) is 5.91. The highest BCUT2D eigenvalue weighted by molar-refractivity contribution is 6.73. The molecule has 0 saturated carbocycles. The molecule has 5 heteroatoms. The summed E-state index contributed by atoms with van der Waals surface area (Å²) in [6, 6.07) is 22.2. The predicted octanol–water partition coefficient (Wildman–Crippen LogP) is 7.75. The van der Waals surface area contributed by atoms with Gasteiger partial charge >= 0.3 is 0 Å². The van der Waals surface area contributed by atoms with Gasteiger partial charge in [0.2, 0.25) is 0 Å². The highest BCUT2D eigenvalue weighted by atomic mass is 35.5. The van der Waals surface area contributed by atoms with Gasteiger partial charge in [-0.2, -0.15) is 0 Å². The molecule has 0 radical (unpaired) electrons. The van der Waals surface area contributed by atoms with Gasteiger partial charge in [-0.15, -0.1) is 11.6 Å². The van der Waals surface area contributed by atoms with Gasteiger partial charge in [-0.05, 0) is 54.4 Å². The van der Waals surface area contributed by atoms with Gasteiger partial charge in [-0.3, -0.25) is 0 Å². The van der Waals surface area contributed by atoms with E-state index in [4.69, 9.17) is 46.4 Å². The molecule has 0 aliphatic heterocycles. The normalized spacial score (nSPS) is 12.3. The average molecular weight is 423 g/mol. The number of nitrogens with zero attached hydrogens (tertiary/aromatic N) is 1. The first kappa shape index (κ1) is 19.3. The lowest BCUT2D eigenvalue weighted by Gasteiger charge is -2.27. The van der Waals surface area contributed by atoms with Crippen LogP contribution in [0.3, 0.4) is 0 Å². The van der Waals surface area contributed by atoms with Crippen molar-refractivity contribution >= 4 is 57.3 Å². The predicted molar refractivity (Wildman–Crippen MR) is 114 cm³/mol. The lowest BCUT2D eigenvalue weighted by molar-refractivity contribution is 0.990. The average Bonchev–Trinajstić information content (AvgIpc) is 2.64. The number of aliphatic imine (C=N–C) groups is 1. The van der Waals surface area contributed by atoms with E-state index < -0.39 is 4.87 Å². The Hall–Kier alpha value is -1.51. The van der Waals surface area contributed by atoms with Crippen molar-refractivity contribution < 1.29 is 0 Å². The zero-order valence-electron chi connectivity index (χ0n) is 13.9. The maximum Gasteiger partial charge on any atom is 0.147 e. The minimum atomic E-state index is -1.15. The quantitative estimate of drug-likeness (QED) is 0.301. The van der Waals surface area contributed by atoms with Crippen molar-refractivity contribution in [3.05, 3.63) is 99.5 Å². The lowest BCUT2D eigenvalue weighted by atomic mass is 9.91. The molecule has 0 bridgehead atoms. The molecule has 1 nitrogen and oxygen atoms in total. The van der Waals surface area contributed by atoms with Crippen LogP contribution in [-0.4, -0.2) is 5.17 Å². The van der Waals surface area contributed by atoms with E-state index in [9.17, 15) is 0 Å². The Bertz CT molecular complexity index is 868. The molecule has 3 aromatic carbocycles. The first-order valence-electron chi connectivity index (χ1n) is 7.92. The Balaban J connectivity index is 2.14. The summed E-state index contributed by atoms with van der Waals surface area (Å²) in [6.07, 6.45) is 0. The van der Waals surface area contributed by atoms with Gasteiger partial charge in [-0.1, -0.05) is 76.8 Å². The smallest absolute Gasteiger partial charge is 0.147 e. The molecule has 0 amide bonds. The number of rotatable bonds is 4. The van der Waals surface area contributed by atoms with Gasteiger partial charge in [0.15, 0.2) is 0 Å². The summed E-state index contributed by atoms with van der Waals surface area (Å²) in [5.41, 5.74) is 3.42. The number of hydrogen-bond acceptors (Lipinski definition) is 1. The molecule has 0 fully saturated rings. The monoisotopic (exact) mass is 421 g/mol. The third-order valence-corrected chi connectivity index (χ3v) is 5.61. The Morgan fingerprint density at radius 3 is 1.58 bits per heavy atom. The number of aryl methyl sites for hydroxylation is 1. The second-order valence-corrected chi connectivity index (χ2v) is 7.71. The van der Waals surface area contributed by atoms with E-state index in [2.05, 4.69) is 4.99 Å². The van der Waals surface area contributed by atoms with Crippen LogP contribution >= 0.6 is 46.4 Å². The Morgan fingerprint density at radius 2 is 1.15 bits per heavy atom. The van der Waals surface area contributed by atoms with Crippen LogP contribution in [0.2, 0.25) is 10.0 Å². The van der Waals surface area contributed by atoms with Crippen LogP contribution in [0.1, 0.15) is 16.7 Å². The first-order chi connectivity index (χ1) is 12.4. The molecule has 3 aromatic rings. The van der Waals surface area contributed by atoms with Crippen LogP contribution in [0, 0.1) is 6.92 Å². The fourth-order valence-corrected chi connectivity index (χ4v) is 3.44. The third-order valence-electron chi connectivity index (χ3n) is 4.03. The maximum absolute atomic E-state index is 7.08. The molecule has 26 heavy (non-hydrogen) atoms. The van der Waals surface area contributed by atoms with Crippen molar-refractivity contribution in [3.8, 4) is 0 Å². The van der Waals surface area contributed by atoms with E-state index in [0.717, 1.165) is 22.4 Å². The summed E-state index contributed by atoms with van der Waals surface area (Å²) in [7, 11) is 0. The summed E-state index contributed by atoms with van der Waals surface area (Å²) in [4.78, 5) is 3.40. The van der Waals surface area contributed by atoms with Crippen molar-refractivity contribution in [2.45, 2.75) is 11.8 Å². The van der Waals surface area contributed by atoms with Crippen LogP contribution < -0.4 is 0 Å². The van der Waals surface area contributed by atoms with E-state index in [1.807, 2.05) is 55.5 Å². The molecular weight excluding hydrogens is 408 g/mol. The van der Waals surface area contributed by atoms with Crippen molar-refractivity contribution in [1.82, 2.24) is 0 Å². The molecule has 0 saturated heterocycles. The standard InChI is InChI=1S/C21H15Cl4N/c1-14-2-12-19(13-3-14)26-20(24)21(25,15-4-8-17(22)9-5-15)16-6-10-18(23)11-7-16/h2-13H,1H3. The number of hydrogen-bond donors (Lipinski definition) is 0. The largest absolute Gasteiger partial charge is 0.239 e. The minimum absolute atomic E-state index is 0.243. The molecule has 0 aliphatic rings. The van der Waals surface area contributed by atoms with Crippen molar-refractivity contribution in [2.75, 3.05) is 0 Å².